The molecule has 0 N–H and O–H groups in total. The van der Waals surface area contributed by atoms with Gasteiger partial charge in [0, 0.05) is 6.16 Å². The lowest BCUT2D eigenvalue weighted by atomic mass is 10.2. The van der Waals surface area contributed by atoms with E-state index in [2.05, 4.69) is 27.7 Å². The third-order valence-electron chi connectivity index (χ3n) is 6.70. The van der Waals surface area contributed by atoms with Crippen LogP contribution in [0.5, 0.6) is 23.0 Å². The lowest BCUT2D eigenvalue weighted by molar-refractivity contribution is 0.102. The Hall–Kier alpha value is -2.79. The standard InChI is InChI=1S/C34H51O7P/c1-7-11-21-38-27-17-15-18-28(39-22-12-8-2)31(27)33(35)42(37,25-26(5)6)34(36)32-29(40-23-13-9-3)19-16-20-30(32)41-24-14-10-4/h15-20,26H,7-14,21-25H2,1-6H3. The van der Waals surface area contributed by atoms with Gasteiger partial charge in [-0.3, -0.25) is 9.59 Å². The number of unbranched alkanes of at least 4 members (excludes halogenated alkanes) is 4. The quantitative estimate of drug-likeness (QED) is 0.0980. The molecule has 0 heterocycles. The zero-order chi connectivity index (χ0) is 31.0. The minimum absolute atomic E-state index is 0.0693. The van der Waals surface area contributed by atoms with E-state index in [0.717, 1.165) is 51.4 Å². The number of hydrogen-bond acceptors (Lipinski definition) is 7. The minimum Gasteiger partial charge on any atom is -0.493 e. The molecule has 8 heteroatoms. The molecule has 0 bridgehead atoms. The Balaban J connectivity index is 2.72. The molecule has 0 aliphatic heterocycles. The summed E-state index contributed by atoms with van der Waals surface area (Å²) in [7, 11) is -4.26. The van der Waals surface area contributed by atoms with Crippen molar-refractivity contribution in [3.63, 3.8) is 0 Å². The zero-order valence-corrected chi connectivity index (χ0v) is 27.4. The molecule has 0 radical (unpaired) electrons. The molecule has 0 saturated carbocycles. The van der Waals surface area contributed by atoms with Crippen LogP contribution in [0, 0.1) is 5.92 Å². The first-order chi connectivity index (χ1) is 20.2. The van der Waals surface area contributed by atoms with E-state index in [9.17, 15) is 9.59 Å². The second kappa shape index (κ2) is 18.7. The summed E-state index contributed by atoms with van der Waals surface area (Å²) in [6, 6.07) is 10.2. The monoisotopic (exact) mass is 602 g/mol. The topological polar surface area (TPSA) is 88.1 Å². The Bertz CT molecular complexity index is 1030. The Morgan fingerprint density at radius 1 is 0.595 bits per heavy atom. The highest BCUT2D eigenvalue weighted by Crippen LogP contribution is 2.57. The third-order valence-corrected chi connectivity index (χ3v) is 9.71. The number of carbonyl (C=O) groups is 2. The normalized spacial score (nSPS) is 11.4. The Morgan fingerprint density at radius 3 is 1.12 bits per heavy atom. The van der Waals surface area contributed by atoms with E-state index in [1.807, 2.05) is 13.8 Å². The van der Waals surface area contributed by atoms with Crippen molar-refractivity contribution in [2.75, 3.05) is 32.6 Å². The van der Waals surface area contributed by atoms with Gasteiger partial charge in [0.15, 0.2) is 0 Å². The van der Waals surface area contributed by atoms with Crippen LogP contribution in [0.1, 0.15) is 114 Å². The van der Waals surface area contributed by atoms with E-state index in [0.29, 0.717) is 26.4 Å². The number of ether oxygens (including phenoxy) is 4. The first-order valence-corrected chi connectivity index (χ1v) is 17.6. The van der Waals surface area contributed by atoms with E-state index < -0.39 is 18.2 Å². The van der Waals surface area contributed by atoms with Gasteiger partial charge < -0.3 is 23.5 Å². The average Bonchev–Trinajstić information content (AvgIpc) is 2.97. The molecule has 42 heavy (non-hydrogen) atoms. The van der Waals surface area contributed by atoms with Crippen molar-refractivity contribution in [2.45, 2.75) is 92.9 Å². The van der Waals surface area contributed by atoms with Crippen molar-refractivity contribution in [3.8, 4) is 23.0 Å². The summed E-state index contributed by atoms with van der Waals surface area (Å²) in [4.78, 5) is 29.1. The molecule has 0 aromatic heterocycles. The Kier molecular flexibility index (Phi) is 15.8. The van der Waals surface area contributed by atoms with Crippen LogP contribution in [0.3, 0.4) is 0 Å². The third kappa shape index (κ3) is 9.90. The average molecular weight is 603 g/mol. The summed E-state index contributed by atoms with van der Waals surface area (Å²) in [6.07, 6.45) is 6.71. The SMILES string of the molecule is CCCCOc1cccc(OCCCC)c1C(=O)P(=O)(CC(C)C)C(=O)c1c(OCCCC)cccc1OCCCC. The van der Waals surface area contributed by atoms with Crippen LogP contribution < -0.4 is 18.9 Å². The van der Waals surface area contributed by atoms with Crippen LogP contribution in [0.4, 0.5) is 0 Å². The van der Waals surface area contributed by atoms with Crippen LogP contribution >= 0.6 is 7.14 Å². The molecular weight excluding hydrogens is 551 g/mol. The first kappa shape index (κ1) is 35.4. The van der Waals surface area contributed by atoms with Crippen LogP contribution in [-0.2, 0) is 4.57 Å². The maximum absolute atomic E-state index is 15.0. The van der Waals surface area contributed by atoms with Gasteiger partial charge in [0.25, 0.3) is 0 Å². The number of rotatable bonds is 22. The molecule has 0 spiro atoms. The predicted molar refractivity (Wildman–Crippen MR) is 170 cm³/mol. The molecule has 234 valence electrons. The molecular formula is C34H51O7P. The van der Waals surface area contributed by atoms with Crippen molar-refractivity contribution >= 4 is 18.2 Å². The fourth-order valence-electron chi connectivity index (χ4n) is 4.36. The maximum Gasteiger partial charge on any atom is 0.236 e. The van der Waals surface area contributed by atoms with Gasteiger partial charge in [-0.25, -0.2) is 0 Å². The Labute approximate surface area is 253 Å². The highest BCUT2D eigenvalue weighted by atomic mass is 31.2. The van der Waals surface area contributed by atoms with Crippen molar-refractivity contribution in [1.29, 1.82) is 0 Å². The second-order valence-electron chi connectivity index (χ2n) is 11.0. The molecule has 0 amide bonds. The van der Waals surface area contributed by atoms with Crippen LogP contribution in [0.25, 0.3) is 0 Å². The molecule has 2 aromatic carbocycles. The predicted octanol–water partition coefficient (Wildman–Crippen LogP) is 9.40. The number of benzene rings is 2. The van der Waals surface area contributed by atoms with Gasteiger partial charge >= 0.3 is 0 Å². The molecule has 0 atom stereocenters. The van der Waals surface area contributed by atoms with Crippen molar-refractivity contribution in [3.05, 3.63) is 47.5 Å². The maximum atomic E-state index is 15.0. The van der Waals surface area contributed by atoms with Crippen molar-refractivity contribution < 1.29 is 33.1 Å². The first-order valence-electron chi connectivity index (χ1n) is 15.7. The van der Waals surface area contributed by atoms with E-state index in [1.54, 1.807) is 36.4 Å². The molecule has 2 rings (SSSR count). The lowest BCUT2D eigenvalue weighted by Gasteiger charge is -2.23. The van der Waals surface area contributed by atoms with Crippen LogP contribution in [0.2, 0.25) is 0 Å². The largest absolute Gasteiger partial charge is 0.493 e. The summed E-state index contributed by atoms with van der Waals surface area (Å²) in [5.41, 5.74) is -1.36. The van der Waals surface area contributed by atoms with Gasteiger partial charge in [-0.2, -0.15) is 0 Å². The van der Waals surface area contributed by atoms with E-state index >= 15 is 4.57 Å². The van der Waals surface area contributed by atoms with E-state index in [1.165, 1.54) is 0 Å². The van der Waals surface area contributed by atoms with E-state index in [-0.39, 0.29) is 46.2 Å². The van der Waals surface area contributed by atoms with Gasteiger partial charge in [0.1, 0.15) is 34.1 Å². The van der Waals surface area contributed by atoms with Crippen molar-refractivity contribution in [2.24, 2.45) is 5.92 Å². The van der Waals surface area contributed by atoms with E-state index in [4.69, 9.17) is 18.9 Å². The van der Waals surface area contributed by atoms with Crippen LogP contribution in [-0.4, -0.2) is 43.6 Å². The highest BCUT2D eigenvalue weighted by Gasteiger charge is 2.46. The van der Waals surface area contributed by atoms with Gasteiger partial charge in [-0.15, -0.1) is 0 Å². The summed E-state index contributed by atoms with van der Waals surface area (Å²) in [5.74, 6) is 0.938. The van der Waals surface area contributed by atoms with Crippen molar-refractivity contribution in [1.82, 2.24) is 0 Å². The molecule has 0 aliphatic carbocycles. The summed E-state index contributed by atoms with van der Waals surface area (Å²) in [5, 5.41) is 0. The summed E-state index contributed by atoms with van der Waals surface area (Å²) < 4.78 is 39.1. The van der Waals surface area contributed by atoms with Gasteiger partial charge in [-0.1, -0.05) is 79.4 Å². The molecule has 7 nitrogen and oxygen atoms in total. The number of carbonyl (C=O) groups excluding carboxylic acids is 2. The molecule has 0 fully saturated rings. The molecule has 2 aromatic rings. The summed E-state index contributed by atoms with van der Waals surface area (Å²) >= 11 is 0. The second-order valence-corrected chi connectivity index (χ2v) is 13.6. The molecule has 0 unspecified atom stereocenters. The summed E-state index contributed by atoms with van der Waals surface area (Å²) in [6.45, 7) is 13.5. The smallest absolute Gasteiger partial charge is 0.236 e. The van der Waals surface area contributed by atoms with Gasteiger partial charge in [-0.05, 0) is 55.9 Å². The minimum atomic E-state index is -4.26. The van der Waals surface area contributed by atoms with Gasteiger partial charge in [0.05, 0.1) is 26.4 Å². The zero-order valence-electron chi connectivity index (χ0n) is 26.5. The Morgan fingerprint density at radius 2 is 0.881 bits per heavy atom. The lowest BCUT2D eigenvalue weighted by Crippen LogP contribution is -2.20. The number of hydrogen-bond donors (Lipinski definition) is 0. The molecule has 0 aliphatic rings. The fraction of sp³-hybridized carbons (Fsp3) is 0.588. The highest BCUT2D eigenvalue weighted by molar-refractivity contribution is 7.95. The van der Waals surface area contributed by atoms with Gasteiger partial charge in [0.2, 0.25) is 18.2 Å². The molecule has 0 saturated heterocycles. The van der Waals surface area contributed by atoms with Crippen LogP contribution in [0.15, 0.2) is 36.4 Å². The fourth-order valence-corrected chi connectivity index (χ4v) is 7.07.